The van der Waals surface area contributed by atoms with Crippen molar-refractivity contribution in [1.29, 1.82) is 0 Å². The molecular formula is C13H10Cl2N2O2S. The summed E-state index contributed by atoms with van der Waals surface area (Å²) in [4.78, 5) is 8.20. The number of aromatic nitrogens is 2. The zero-order valence-electron chi connectivity index (χ0n) is 10.4. The van der Waals surface area contributed by atoms with Gasteiger partial charge in [-0.15, -0.1) is 0 Å². The van der Waals surface area contributed by atoms with Crippen LogP contribution in [-0.4, -0.2) is 21.3 Å². The van der Waals surface area contributed by atoms with Gasteiger partial charge in [-0.2, -0.15) is 0 Å². The van der Waals surface area contributed by atoms with Crippen LogP contribution in [-0.2, 0) is 10.8 Å². The van der Waals surface area contributed by atoms with Gasteiger partial charge >= 0.3 is 0 Å². The van der Waals surface area contributed by atoms with E-state index in [2.05, 4.69) is 9.97 Å². The van der Waals surface area contributed by atoms with Gasteiger partial charge in [-0.1, -0.05) is 35.3 Å². The van der Waals surface area contributed by atoms with Crippen LogP contribution in [0.25, 0.3) is 6.08 Å². The first kappa shape index (κ1) is 15.0. The van der Waals surface area contributed by atoms with Gasteiger partial charge in [0.05, 0.1) is 22.8 Å². The highest BCUT2D eigenvalue weighted by Crippen LogP contribution is 2.25. The molecule has 1 aromatic heterocycles. The van der Waals surface area contributed by atoms with Crippen LogP contribution in [0.1, 0.15) is 5.56 Å². The monoisotopic (exact) mass is 328 g/mol. The molecule has 0 amide bonds. The largest absolute Gasteiger partial charge is 0.495 e. The van der Waals surface area contributed by atoms with Crippen LogP contribution in [0.5, 0.6) is 5.75 Å². The SMILES string of the molecule is COc1ccccc1S(=O)/C=C/c1c(Cl)ncnc1Cl. The third kappa shape index (κ3) is 3.36. The lowest BCUT2D eigenvalue weighted by atomic mass is 10.3. The number of methoxy groups -OCH3 is 1. The summed E-state index contributed by atoms with van der Waals surface area (Å²) in [6.07, 6.45) is 2.80. The minimum atomic E-state index is -1.39. The molecule has 7 heteroatoms. The lowest BCUT2D eigenvalue weighted by Gasteiger charge is -2.05. The van der Waals surface area contributed by atoms with Crippen LogP contribution in [0.4, 0.5) is 0 Å². The van der Waals surface area contributed by atoms with Crippen LogP contribution in [0.3, 0.4) is 0 Å². The maximum absolute atomic E-state index is 12.2. The Labute approximate surface area is 128 Å². The minimum absolute atomic E-state index is 0.207. The van der Waals surface area contributed by atoms with Gasteiger partial charge in [-0.05, 0) is 18.2 Å². The molecule has 0 saturated heterocycles. The molecule has 0 aliphatic carbocycles. The van der Waals surface area contributed by atoms with Crippen molar-refractivity contribution in [3.8, 4) is 5.75 Å². The maximum atomic E-state index is 12.2. The lowest BCUT2D eigenvalue weighted by Crippen LogP contribution is -1.93. The molecule has 1 unspecified atom stereocenters. The summed E-state index contributed by atoms with van der Waals surface area (Å²) in [5.74, 6) is 0.553. The summed E-state index contributed by atoms with van der Waals surface area (Å²) in [6, 6.07) is 7.06. The molecule has 2 aromatic rings. The summed E-state index contributed by atoms with van der Waals surface area (Å²) < 4.78 is 17.4. The average molecular weight is 329 g/mol. The van der Waals surface area contributed by atoms with E-state index in [4.69, 9.17) is 27.9 Å². The van der Waals surface area contributed by atoms with Crippen molar-refractivity contribution in [3.63, 3.8) is 0 Å². The second kappa shape index (κ2) is 6.83. The molecule has 0 spiro atoms. The number of hydrogen-bond donors (Lipinski definition) is 0. The van der Waals surface area contributed by atoms with E-state index in [1.165, 1.54) is 24.9 Å². The minimum Gasteiger partial charge on any atom is -0.495 e. The van der Waals surface area contributed by atoms with Crippen molar-refractivity contribution >= 4 is 40.1 Å². The average Bonchev–Trinajstić information content (AvgIpc) is 2.46. The van der Waals surface area contributed by atoms with E-state index in [1.807, 2.05) is 6.07 Å². The highest BCUT2D eigenvalue weighted by Gasteiger charge is 2.09. The van der Waals surface area contributed by atoms with Crippen LogP contribution in [0, 0.1) is 0 Å². The van der Waals surface area contributed by atoms with Gasteiger partial charge in [0, 0.05) is 11.0 Å². The number of nitrogens with zero attached hydrogens (tertiary/aromatic N) is 2. The molecule has 1 atom stereocenters. The Morgan fingerprint density at radius 1 is 1.20 bits per heavy atom. The Bertz CT molecular complexity index is 657. The predicted molar refractivity (Wildman–Crippen MR) is 80.5 cm³/mol. The zero-order valence-corrected chi connectivity index (χ0v) is 12.7. The van der Waals surface area contributed by atoms with Crippen molar-refractivity contribution in [2.24, 2.45) is 0 Å². The third-order valence-electron chi connectivity index (χ3n) is 2.43. The summed E-state index contributed by atoms with van der Waals surface area (Å²) >= 11 is 11.8. The molecule has 0 N–H and O–H groups in total. The summed E-state index contributed by atoms with van der Waals surface area (Å²) in [5, 5.41) is 1.88. The van der Waals surface area contributed by atoms with Crippen molar-refractivity contribution in [2.75, 3.05) is 7.11 Å². The van der Waals surface area contributed by atoms with Gasteiger partial charge in [0.25, 0.3) is 0 Å². The second-order valence-electron chi connectivity index (χ2n) is 3.62. The molecule has 0 aliphatic heterocycles. The molecule has 0 aliphatic rings. The highest BCUT2D eigenvalue weighted by molar-refractivity contribution is 7.88. The summed E-state index contributed by atoms with van der Waals surface area (Å²) in [5.41, 5.74) is 0.430. The van der Waals surface area contributed by atoms with Crippen LogP contribution in [0.15, 0.2) is 40.9 Å². The van der Waals surface area contributed by atoms with Crippen molar-refractivity contribution in [2.45, 2.75) is 4.90 Å². The Balaban J connectivity index is 2.30. The fraction of sp³-hybridized carbons (Fsp3) is 0.0769. The molecule has 2 rings (SSSR count). The molecule has 1 aromatic carbocycles. The first-order chi connectivity index (χ1) is 9.63. The number of hydrogen-bond acceptors (Lipinski definition) is 4. The van der Waals surface area contributed by atoms with E-state index in [9.17, 15) is 4.21 Å². The molecule has 1 heterocycles. The quantitative estimate of drug-likeness (QED) is 0.805. The number of halogens is 2. The Kier molecular flexibility index (Phi) is 5.11. The zero-order chi connectivity index (χ0) is 14.5. The number of benzene rings is 1. The van der Waals surface area contributed by atoms with Crippen LogP contribution in [0.2, 0.25) is 10.3 Å². The molecule has 0 bridgehead atoms. The van der Waals surface area contributed by atoms with Crippen LogP contribution < -0.4 is 4.74 Å². The fourth-order valence-corrected chi connectivity index (χ4v) is 2.89. The maximum Gasteiger partial charge on any atom is 0.141 e. The topological polar surface area (TPSA) is 52.1 Å². The van der Waals surface area contributed by atoms with E-state index < -0.39 is 10.8 Å². The lowest BCUT2D eigenvalue weighted by molar-refractivity contribution is 0.404. The van der Waals surface area contributed by atoms with E-state index in [-0.39, 0.29) is 10.3 Å². The normalized spacial score (nSPS) is 12.6. The smallest absolute Gasteiger partial charge is 0.141 e. The second-order valence-corrected chi connectivity index (χ2v) is 5.64. The molecule has 4 nitrogen and oxygen atoms in total. The highest BCUT2D eigenvalue weighted by atomic mass is 35.5. The van der Waals surface area contributed by atoms with Gasteiger partial charge < -0.3 is 4.74 Å². The molecule has 0 radical (unpaired) electrons. The fourth-order valence-electron chi connectivity index (χ4n) is 1.48. The van der Waals surface area contributed by atoms with E-state index in [1.54, 1.807) is 18.2 Å². The van der Waals surface area contributed by atoms with E-state index >= 15 is 0 Å². The first-order valence-corrected chi connectivity index (χ1v) is 7.48. The predicted octanol–water partition coefficient (Wildman–Crippen LogP) is 3.57. The number of ether oxygens (including phenoxy) is 1. The Hall–Kier alpha value is -1.43. The van der Waals surface area contributed by atoms with Crippen molar-refractivity contribution in [3.05, 3.63) is 51.9 Å². The summed E-state index contributed by atoms with van der Waals surface area (Å²) in [7, 11) is 0.136. The Morgan fingerprint density at radius 3 is 2.50 bits per heavy atom. The van der Waals surface area contributed by atoms with Crippen molar-refractivity contribution < 1.29 is 8.95 Å². The van der Waals surface area contributed by atoms with Gasteiger partial charge in [0.2, 0.25) is 0 Å². The van der Waals surface area contributed by atoms with Crippen molar-refractivity contribution in [1.82, 2.24) is 9.97 Å². The molecular weight excluding hydrogens is 319 g/mol. The molecule has 20 heavy (non-hydrogen) atoms. The summed E-state index contributed by atoms with van der Waals surface area (Å²) in [6.45, 7) is 0. The van der Waals surface area contributed by atoms with Gasteiger partial charge in [-0.25, -0.2) is 14.2 Å². The van der Waals surface area contributed by atoms with Gasteiger partial charge in [-0.3, -0.25) is 0 Å². The molecule has 0 fully saturated rings. The molecule has 0 saturated carbocycles. The third-order valence-corrected chi connectivity index (χ3v) is 4.19. The van der Waals surface area contributed by atoms with E-state index in [0.717, 1.165) is 0 Å². The van der Waals surface area contributed by atoms with Gasteiger partial charge in [0.15, 0.2) is 0 Å². The number of para-hydroxylation sites is 1. The standard InChI is InChI=1S/C13H10Cl2N2O2S/c1-19-10-4-2-3-5-11(10)20(18)7-6-9-12(14)16-8-17-13(9)15/h2-8H,1H3/b7-6+. The first-order valence-electron chi connectivity index (χ1n) is 5.51. The van der Waals surface area contributed by atoms with Gasteiger partial charge in [0.1, 0.15) is 22.4 Å². The Morgan fingerprint density at radius 2 is 1.85 bits per heavy atom. The van der Waals surface area contributed by atoms with Crippen LogP contribution >= 0.6 is 23.2 Å². The van der Waals surface area contributed by atoms with E-state index in [0.29, 0.717) is 16.2 Å². The number of rotatable bonds is 4. The molecule has 104 valence electrons.